The largest absolute Gasteiger partial charge is 0.508 e. The highest BCUT2D eigenvalue weighted by Crippen LogP contribution is 2.38. The number of fused-ring (bicyclic) bond motifs is 1. The Labute approximate surface area is 180 Å². The van der Waals surface area contributed by atoms with Crippen molar-refractivity contribution in [2.24, 2.45) is 0 Å². The third kappa shape index (κ3) is 10.1. The molecule has 0 bridgehead atoms. The fourth-order valence-corrected chi connectivity index (χ4v) is 3.37. The molecule has 4 heteroatoms. The van der Waals surface area contributed by atoms with Crippen LogP contribution in [0.1, 0.15) is 76.5 Å². The van der Waals surface area contributed by atoms with E-state index in [1.165, 1.54) is 6.42 Å². The van der Waals surface area contributed by atoms with E-state index in [0.717, 1.165) is 48.4 Å². The molecule has 0 radical (unpaired) electrons. The molecule has 2 aromatic carbocycles. The Balaban J connectivity index is 0. The Morgan fingerprint density at radius 1 is 1.10 bits per heavy atom. The van der Waals surface area contributed by atoms with Gasteiger partial charge in [0, 0.05) is 13.0 Å². The fourth-order valence-electron chi connectivity index (χ4n) is 2.98. The van der Waals surface area contributed by atoms with Gasteiger partial charge in [-0.05, 0) is 66.4 Å². The van der Waals surface area contributed by atoms with Crippen LogP contribution >= 0.6 is 9.24 Å². The van der Waals surface area contributed by atoms with Crippen molar-refractivity contribution in [1.29, 1.82) is 0 Å². The lowest BCUT2D eigenvalue weighted by atomic mass is 9.78. The number of aromatic hydroxyl groups is 1. The van der Waals surface area contributed by atoms with Gasteiger partial charge in [-0.1, -0.05) is 58.4 Å². The first-order valence-electron chi connectivity index (χ1n) is 10.4. The monoisotopic (exact) mass is 422 g/mol. The number of hydrogen-bond acceptors (Lipinski definition) is 2. The predicted octanol–water partition coefficient (Wildman–Crippen LogP) is 6.74. The summed E-state index contributed by atoms with van der Waals surface area (Å²) in [7, 11) is 3.71. The molecule has 0 saturated heterocycles. The highest BCUT2D eigenvalue weighted by atomic mass is 31.0. The number of halogens is 1. The van der Waals surface area contributed by atoms with E-state index in [-0.39, 0.29) is 17.5 Å². The lowest BCUT2D eigenvalue weighted by Crippen LogP contribution is -2.18. The molecule has 1 aliphatic rings. The van der Waals surface area contributed by atoms with E-state index >= 15 is 0 Å². The van der Waals surface area contributed by atoms with Crippen LogP contribution in [0.25, 0.3) is 0 Å². The zero-order chi connectivity index (χ0) is 22.8. The molecule has 0 amide bonds. The number of aliphatic hydroxyl groups excluding tert-OH is 1. The number of aliphatic hydroxyl groups is 1. The fraction of sp³-hybridized carbons (Fsp3) is 0.440. The van der Waals surface area contributed by atoms with E-state index < -0.39 is 0 Å². The third-order valence-electron chi connectivity index (χ3n) is 3.90. The molecule has 3 rings (SSSR count). The third-order valence-corrected chi connectivity index (χ3v) is 4.44. The smallest absolute Gasteiger partial charge is 0.127 e. The van der Waals surface area contributed by atoms with Gasteiger partial charge in [-0.2, -0.15) is 0 Å². The van der Waals surface area contributed by atoms with Gasteiger partial charge in [0.1, 0.15) is 11.6 Å². The number of hydrogen-bond donors (Lipinski definition) is 2. The summed E-state index contributed by atoms with van der Waals surface area (Å²) in [6, 6.07) is 10.5. The maximum atomic E-state index is 14.2. The van der Waals surface area contributed by atoms with E-state index in [1.54, 1.807) is 24.3 Å². The Kier molecular flexibility index (Phi) is 18.7. The number of allylic oxidation sites excluding steroid dienone is 1. The molecule has 2 aromatic rings. The Morgan fingerprint density at radius 3 is 2.07 bits per heavy atom. The predicted molar refractivity (Wildman–Crippen MR) is 130 cm³/mol. The van der Waals surface area contributed by atoms with E-state index in [9.17, 15) is 9.50 Å². The Morgan fingerprint density at radius 2 is 1.59 bits per heavy atom. The lowest BCUT2D eigenvalue weighted by molar-refractivity contribution is 0.399. The van der Waals surface area contributed by atoms with E-state index in [0.29, 0.717) is 0 Å². The van der Waals surface area contributed by atoms with Crippen molar-refractivity contribution in [2.75, 3.05) is 7.11 Å². The zero-order valence-corrected chi connectivity index (χ0v) is 20.2. The average molecular weight is 423 g/mol. The molecule has 2 nitrogen and oxygen atoms in total. The van der Waals surface area contributed by atoms with Crippen molar-refractivity contribution in [1.82, 2.24) is 0 Å². The van der Waals surface area contributed by atoms with Crippen LogP contribution in [0.2, 0.25) is 0 Å². The van der Waals surface area contributed by atoms with Crippen LogP contribution in [0.3, 0.4) is 0 Å². The first-order chi connectivity index (χ1) is 14.0. The van der Waals surface area contributed by atoms with Crippen LogP contribution in [-0.2, 0) is 6.42 Å². The van der Waals surface area contributed by atoms with Crippen LogP contribution in [0.15, 0.2) is 49.1 Å². The van der Waals surface area contributed by atoms with E-state index in [2.05, 4.69) is 29.7 Å². The molecule has 0 aromatic heterocycles. The van der Waals surface area contributed by atoms with Crippen molar-refractivity contribution in [3.8, 4) is 5.75 Å². The van der Waals surface area contributed by atoms with E-state index in [1.807, 2.05) is 39.0 Å². The highest BCUT2D eigenvalue weighted by molar-refractivity contribution is 7.27. The molecule has 29 heavy (non-hydrogen) atoms. The number of phenols is 1. The molecule has 2 N–H and O–H groups in total. The number of phenolic OH excluding ortho intramolecular Hbond substituents is 1. The van der Waals surface area contributed by atoms with Gasteiger partial charge in [0.25, 0.3) is 0 Å². The molecule has 164 valence electrons. The second kappa shape index (κ2) is 18.3. The molecule has 2 atom stereocenters. The minimum Gasteiger partial charge on any atom is -0.508 e. The molecule has 2 unspecified atom stereocenters. The summed E-state index contributed by atoms with van der Waals surface area (Å²) in [4.78, 5) is 0. The number of benzene rings is 2. The van der Waals surface area contributed by atoms with Gasteiger partial charge in [-0.25, -0.2) is 4.39 Å². The standard InChI is InChI=1S/C16H16FOP.C3H8.C3H6.C2H6.CH4O/c17-14-8-9-15(19)13-3-1-2-12(16(13)14)10-4-6-11(18)7-5-10;2*1-3-2;2*1-2/h4-9,12,18H,1-3,19H2;3H2,1-2H3;3H,1H2,2H3;1-2H3;2H,1H3. The van der Waals surface area contributed by atoms with Gasteiger partial charge >= 0.3 is 0 Å². The molecule has 0 spiro atoms. The highest BCUT2D eigenvalue weighted by Gasteiger charge is 2.26. The van der Waals surface area contributed by atoms with Crippen molar-refractivity contribution < 1.29 is 14.6 Å². The van der Waals surface area contributed by atoms with Crippen molar-refractivity contribution in [3.05, 3.63) is 71.6 Å². The van der Waals surface area contributed by atoms with Gasteiger partial charge in [0.15, 0.2) is 0 Å². The van der Waals surface area contributed by atoms with Crippen LogP contribution in [0.5, 0.6) is 5.75 Å². The SMILES string of the molecule is C=CC.CC.CCC.CO.Oc1ccc(C2CCCc3c(P)ccc(F)c32)cc1. The average Bonchev–Trinajstić information content (AvgIpc) is 2.75. The van der Waals surface area contributed by atoms with Crippen molar-refractivity contribution in [2.45, 2.75) is 66.2 Å². The van der Waals surface area contributed by atoms with Gasteiger partial charge in [0.2, 0.25) is 0 Å². The topological polar surface area (TPSA) is 40.5 Å². The number of rotatable bonds is 1. The van der Waals surface area contributed by atoms with Crippen LogP contribution in [-0.4, -0.2) is 17.3 Å². The van der Waals surface area contributed by atoms with Gasteiger partial charge < -0.3 is 10.2 Å². The molecule has 0 aliphatic heterocycles. The van der Waals surface area contributed by atoms with Crippen LogP contribution in [0, 0.1) is 5.82 Å². The second-order valence-electron chi connectivity index (χ2n) is 6.18. The summed E-state index contributed by atoms with van der Waals surface area (Å²) >= 11 is 0. The zero-order valence-electron chi connectivity index (χ0n) is 19.0. The van der Waals surface area contributed by atoms with Crippen molar-refractivity contribution >= 4 is 14.5 Å². The summed E-state index contributed by atoms with van der Waals surface area (Å²) in [5, 5.41) is 17.5. The molecular weight excluding hydrogens is 382 g/mol. The summed E-state index contributed by atoms with van der Waals surface area (Å²) in [5.74, 6) is 0.240. The summed E-state index contributed by atoms with van der Waals surface area (Å²) < 4.78 is 14.2. The first kappa shape index (κ1) is 29.5. The molecular formula is C25H40FO2P. The van der Waals surface area contributed by atoms with Crippen LogP contribution < -0.4 is 5.30 Å². The molecule has 0 heterocycles. The molecule has 0 saturated carbocycles. The maximum Gasteiger partial charge on any atom is 0.127 e. The first-order valence-corrected chi connectivity index (χ1v) is 10.9. The van der Waals surface area contributed by atoms with Crippen LogP contribution in [0.4, 0.5) is 4.39 Å². The summed E-state index contributed by atoms with van der Waals surface area (Å²) in [6.07, 6.45) is 5.98. The van der Waals surface area contributed by atoms with Gasteiger partial charge in [-0.15, -0.1) is 15.8 Å². The second-order valence-corrected chi connectivity index (χ2v) is 6.80. The summed E-state index contributed by atoms with van der Waals surface area (Å²) in [6.45, 7) is 13.5. The van der Waals surface area contributed by atoms with Gasteiger partial charge in [-0.3, -0.25) is 0 Å². The van der Waals surface area contributed by atoms with Crippen molar-refractivity contribution in [3.63, 3.8) is 0 Å². The Bertz CT molecular complexity index is 669. The van der Waals surface area contributed by atoms with Gasteiger partial charge in [0.05, 0.1) is 0 Å². The Hall–Kier alpha value is -1.70. The lowest BCUT2D eigenvalue weighted by Gasteiger charge is -2.27. The maximum absolute atomic E-state index is 14.2. The minimum absolute atomic E-state index is 0.102. The van der Waals surface area contributed by atoms with E-state index in [4.69, 9.17) is 5.11 Å². The molecule has 1 aliphatic carbocycles. The molecule has 0 fully saturated rings. The normalized spacial score (nSPS) is 13.3. The minimum atomic E-state index is -0.112. The summed E-state index contributed by atoms with van der Waals surface area (Å²) in [5.41, 5.74) is 3.05. The quantitative estimate of drug-likeness (QED) is 0.394.